The smallest absolute Gasteiger partial charge is 0.271 e. The van der Waals surface area contributed by atoms with Crippen LogP contribution in [-0.2, 0) is 0 Å². The Bertz CT molecular complexity index is 607. The third-order valence-corrected chi connectivity index (χ3v) is 4.28. The van der Waals surface area contributed by atoms with Crippen molar-refractivity contribution in [2.24, 2.45) is 5.92 Å². The van der Waals surface area contributed by atoms with Gasteiger partial charge in [0.1, 0.15) is 0 Å². The fourth-order valence-electron chi connectivity index (χ4n) is 2.23. The summed E-state index contributed by atoms with van der Waals surface area (Å²) in [5, 5.41) is 18.2. The number of nitro benzene ring substituents is 1. The van der Waals surface area contributed by atoms with E-state index in [0.717, 1.165) is 29.5 Å². The van der Waals surface area contributed by atoms with Crippen LogP contribution in [0.1, 0.15) is 6.42 Å². The fraction of sp³-hybridized carbons (Fsp3) is 0.417. The number of hydrogen-bond acceptors (Lipinski definition) is 6. The van der Waals surface area contributed by atoms with E-state index in [0.29, 0.717) is 11.4 Å². The molecule has 1 atom stereocenters. The molecule has 0 spiro atoms. The van der Waals surface area contributed by atoms with E-state index >= 15 is 0 Å². The van der Waals surface area contributed by atoms with Gasteiger partial charge in [-0.15, -0.1) is 0 Å². The maximum atomic E-state index is 10.7. The highest BCUT2D eigenvalue weighted by Crippen LogP contribution is 2.29. The van der Waals surface area contributed by atoms with Gasteiger partial charge in [0.05, 0.1) is 15.1 Å². The van der Waals surface area contributed by atoms with Crippen LogP contribution in [0.15, 0.2) is 18.2 Å². The lowest BCUT2D eigenvalue weighted by Crippen LogP contribution is -2.16. The molecule has 0 bridgehead atoms. The van der Waals surface area contributed by atoms with Crippen molar-refractivity contribution in [1.82, 2.24) is 10.3 Å². The Morgan fingerprint density at radius 2 is 2.47 bits per heavy atom. The summed E-state index contributed by atoms with van der Waals surface area (Å²) in [5.74, 6) is 0.640. The molecule has 1 aliphatic rings. The Morgan fingerprint density at radius 1 is 1.58 bits per heavy atom. The minimum Gasteiger partial charge on any atom is -0.361 e. The molecule has 100 valence electrons. The average Bonchev–Trinajstić information content (AvgIpc) is 3.04. The van der Waals surface area contributed by atoms with E-state index < -0.39 is 4.92 Å². The van der Waals surface area contributed by atoms with Gasteiger partial charge in [0, 0.05) is 18.7 Å². The highest BCUT2D eigenvalue weighted by Gasteiger charge is 2.15. The molecule has 1 saturated heterocycles. The van der Waals surface area contributed by atoms with E-state index in [2.05, 4.69) is 15.6 Å². The van der Waals surface area contributed by atoms with Crippen LogP contribution in [0, 0.1) is 16.0 Å². The van der Waals surface area contributed by atoms with Gasteiger partial charge in [-0.05, 0) is 31.5 Å². The van der Waals surface area contributed by atoms with Gasteiger partial charge >= 0.3 is 0 Å². The van der Waals surface area contributed by atoms with Crippen LogP contribution in [-0.4, -0.2) is 29.5 Å². The second kappa shape index (κ2) is 5.10. The molecule has 6 nitrogen and oxygen atoms in total. The van der Waals surface area contributed by atoms with Gasteiger partial charge in [0.25, 0.3) is 5.69 Å². The molecule has 1 fully saturated rings. The summed E-state index contributed by atoms with van der Waals surface area (Å²) in [7, 11) is 0. The van der Waals surface area contributed by atoms with E-state index in [1.807, 2.05) is 0 Å². The third-order valence-electron chi connectivity index (χ3n) is 3.29. The molecule has 3 rings (SSSR count). The Morgan fingerprint density at radius 3 is 3.21 bits per heavy atom. The predicted molar refractivity (Wildman–Crippen MR) is 75.7 cm³/mol. The van der Waals surface area contributed by atoms with Gasteiger partial charge in [-0.1, -0.05) is 11.3 Å². The van der Waals surface area contributed by atoms with Crippen molar-refractivity contribution in [2.45, 2.75) is 6.42 Å². The molecule has 0 unspecified atom stereocenters. The van der Waals surface area contributed by atoms with Gasteiger partial charge < -0.3 is 10.6 Å². The molecule has 0 amide bonds. The molecule has 1 aliphatic heterocycles. The summed E-state index contributed by atoms with van der Waals surface area (Å²) in [5.41, 5.74) is 0.774. The third kappa shape index (κ3) is 2.66. The lowest BCUT2D eigenvalue weighted by molar-refractivity contribution is -0.384. The summed E-state index contributed by atoms with van der Waals surface area (Å²) in [6.45, 7) is 3.02. The number of benzene rings is 1. The van der Waals surface area contributed by atoms with Gasteiger partial charge in [-0.25, -0.2) is 4.98 Å². The second-order valence-corrected chi connectivity index (χ2v) is 5.70. The van der Waals surface area contributed by atoms with Crippen molar-refractivity contribution in [3.05, 3.63) is 28.3 Å². The number of non-ortho nitro benzene ring substituents is 1. The minimum absolute atomic E-state index is 0.0874. The fourth-order valence-corrected chi connectivity index (χ4v) is 3.08. The van der Waals surface area contributed by atoms with E-state index in [9.17, 15) is 10.1 Å². The van der Waals surface area contributed by atoms with E-state index in [-0.39, 0.29) is 5.69 Å². The van der Waals surface area contributed by atoms with Crippen LogP contribution >= 0.6 is 11.3 Å². The SMILES string of the molecule is O=[N+]([O-])c1ccc2sc(NC[C@@H]3CCNC3)nc2c1. The zero-order valence-electron chi connectivity index (χ0n) is 10.3. The van der Waals surface area contributed by atoms with Crippen molar-refractivity contribution < 1.29 is 4.92 Å². The molecule has 0 aliphatic carbocycles. The minimum atomic E-state index is -0.393. The van der Waals surface area contributed by atoms with Crippen LogP contribution in [0.4, 0.5) is 10.8 Å². The molecule has 2 aromatic rings. The molecule has 2 N–H and O–H groups in total. The maximum Gasteiger partial charge on any atom is 0.271 e. The van der Waals surface area contributed by atoms with E-state index in [1.165, 1.54) is 29.9 Å². The number of nitro groups is 1. The number of nitrogens with one attached hydrogen (secondary N) is 2. The van der Waals surface area contributed by atoms with Crippen LogP contribution in [0.5, 0.6) is 0 Å². The molecular weight excluding hydrogens is 264 g/mol. The van der Waals surface area contributed by atoms with Gasteiger partial charge in [0.2, 0.25) is 0 Å². The van der Waals surface area contributed by atoms with Crippen LogP contribution in [0.3, 0.4) is 0 Å². The maximum absolute atomic E-state index is 10.7. The van der Waals surface area contributed by atoms with Crippen LogP contribution < -0.4 is 10.6 Å². The molecule has 1 aromatic carbocycles. The Hall–Kier alpha value is -1.73. The summed E-state index contributed by atoms with van der Waals surface area (Å²) in [6, 6.07) is 4.80. The molecule has 2 heterocycles. The van der Waals surface area contributed by atoms with E-state index in [1.54, 1.807) is 6.07 Å². The molecule has 0 saturated carbocycles. The first-order chi connectivity index (χ1) is 9.22. The topological polar surface area (TPSA) is 80.1 Å². The van der Waals surface area contributed by atoms with Crippen molar-refractivity contribution in [2.75, 3.05) is 25.0 Å². The highest BCUT2D eigenvalue weighted by atomic mass is 32.1. The van der Waals surface area contributed by atoms with Gasteiger partial charge in [-0.3, -0.25) is 10.1 Å². The van der Waals surface area contributed by atoms with Crippen LogP contribution in [0.25, 0.3) is 10.2 Å². The number of fused-ring (bicyclic) bond motifs is 1. The number of anilines is 1. The summed E-state index contributed by atoms with van der Waals surface area (Å²) in [6.07, 6.45) is 1.18. The predicted octanol–water partition coefficient (Wildman–Crippen LogP) is 2.23. The summed E-state index contributed by atoms with van der Waals surface area (Å²) in [4.78, 5) is 14.7. The highest BCUT2D eigenvalue weighted by molar-refractivity contribution is 7.22. The lowest BCUT2D eigenvalue weighted by atomic mass is 10.1. The monoisotopic (exact) mass is 278 g/mol. The van der Waals surface area contributed by atoms with Crippen molar-refractivity contribution in [1.29, 1.82) is 0 Å². The normalized spacial score (nSPS) is 18.8. The number of nitrogens with zero attached hydrogens (tertiary/aromatic N) is 2. The molecule has 19 heavy (non-hydrogen) atoms. The molecular formula is C12H14N4O2S. The first kappa shape index (κ1) is 12.3. The number of thiazole rings is 1. The second-order valence-electron chi connectivity index (χ2n) is 4.67. The lowest BCUT2D eigenvalue weighted by Gasteiger charge is -2.07. The first-order valence-corrected chi connectivity index (χ1v) is 7.03. The largest absolute Gasteiger partial charge is 0.361 e. The standard InChI is InChI=1S/C12H14N4O2S/c17-16(18)9-1-2-11-10(5-9)15-12(19-11)14-7-8-3-4-13-6-8/h1-2,5,8,13H,3-4,6-7H2,(H,14,15)/t8-/m1/s1. The number of hydrogen-bond donors (Lipinski definition) is 2. The Balaban J connectivity index is 1.75. The number of aromatic nitrogens is 1. The van der Waals surface area contributed by atoms with Crippen molar-refractivity contribution in [3.8, 4) is 0 Å². The zero-order chi connectivity index (χ0) is 13.2. The van der Waals surface area contributed by atoms with Crippen molar-refractivity contribution in [3.63, 3.8) is 0 Å². The average molecular weight is 278 g/mol. The van der Waals surface area contributed by atoms with E-state index in [4.69, 9.17) is 0 Å². The summed E-state index contributed by atoms with van der Waals surface area (Å²) < 4.78 is 0.970. The number of rotatable bonds is 4. The summed E-state index contributed by atoms with van der Waals surface area (Å²) >= 11 is 1.54. The van der Waals surface area contributed by atoms with Crippen LogP contribution in [0.2, 0.25) is 0 Å². The van der Waals surface area contributed by atoms with Gasteiger partial charge in [0.15, 0.2) is 5.13 Å². The van der Waals surface area contributed by atoms with Gasteiger partial charge in [-0.2, -0.15) is 0 Å². The quantitative estimate of drug-likeness (QED) is 0.662. The Labute approximate surface area is 114 Å². The zero-order valence-corrected chi connectivity index (χ0v) is 11.1. The molecule has 7 heteroatoms. The first-order valence-electron chi connectivity index (χ1n) is 6.22. The molecule has 1 aromatic heterocycles. The van der Waals surface area contributed by atoms with Crippen molar-refractivity contribution >= 4 is 32.4 Å². The Kier molecular flexibility index (Phi) is 3.31. The molecule has 0 radical (unpaired) electrons.